The molecule has 9 heteroatoms. The lowest BCUT2D eigenvalue weighted by molar-refractivity contribution is -0.159. The monoisotopic (exact) mass is 545 g/mol. The Morgan fingerprint density at radius 2 is 1.40 bits per heavy atom. The minimum atomic E-state index is -1.82. The Hall–Kier alpha value is -4.18. The number of piperazine rings is 1. The predicted octanol–water partition coefficient (Wildman–Crippen LogP) is 3.65. The summed E-state index contributed by atoms with van der Waals surface area (Å²) in [6.45, 7) is 6.30. The lowest BCUT2D eigenvalue weighted by Gasteiger charge is -2.35. The van der Waals surface area contributed by atoms with Crippen molar-refractivity contribution in [3.8, 4) is 17.0 Å². The maximum atomic E-state index is 11.1. The molecule has 210 valence electrons. The average Bonchev–Trinajstić information content (AvgIpc) is 3.33. The molecular weight excluding hydrogens is 510 g/mol. The van der Waals surface area contributed by atoms with Gasteiger partial charge in [0.25, 0.3) is 0 Å². The van der Waals surface area contributed by atoms with Gasteiger partial charge in [0.2, 0.25) is 0 Å². The Morgan fingerprint density at radius 1 is 0.800 bits per heavy atom. The van der Waals surface area contributed by atoms with Crippen molar-refractivity contribution in [3.05, 3.63) is 90.5 Å². The Labute approximate surface area is 233 Å². The van der Waals surface area contributed by atoms with Gasteiger partial charge in [-0.05, 0) is 47.5 Å². The number of aliphatic carboxylic acids is 2. The number of aliphatic hydroxyl groups excluding tert-OH is 1. The molecule has 1 aromatic heterocycles. The topological polar surface area (TPSA) is 115 Å². The average molecular weight is 546 g/mol. The number of methoxy groups -OCH3 is 1. The van der Waals surface area contributed by atoms with E-state index in [0.29, 0.717) is 13.1 Å². The van der Waals surface area contributed by atoms with Crippen LogP contribution in [0.5, 0.6) is 5.75 Å². The van der Waals surface area contributed by atoms with Crippen LogP contribution >= 0.6 is 0 Å². The Morgan fingerprint density at radius 3 is 2.02 bits per heavy atom. The third kappa shape index (κ3) is 7.69. The second kappa shape index (κ2) is 13.7. The van der Waals surface area contributed by atoms with Crippen LogP contribution in [0.2, 0.25) is 0 Å². The molecule has 3 aromatic carbocycles. The van der Waals surface area contributed by atoms with Gasteiger partial charge in [0, 0.05) is 55.9 Å². The van der Waals surface area contributed by atoms with Crippen molar-refractivity contribution in [2.45, 2.75) is 19.2 Å². The van der Waals surface area contributed by atoms with E-state index >= 15 is 0 Å². The SMILES string of the molecule is COc1ccc(-c2cc3ccccc3n2CC(O)CN2CCN(Cc3ccccc3)CC2)cc1.O=C(O)C(=O)O. The highest BCUT2D eigenvalue weighted by molar-refractivity contribution is 6.27. The summed E-state index contributed by atoms with van der Waals surface area (Å²) in [6.07, 6.45) is -0.437. The molecule has 1 aliphatic rings. The van der Waals surface area contributed by atoms with E-state index in [-0.39, 0.29) is 0 Å². The van der Waals surface area contributed by atoms with Crippen LogP contribution in [0.15, 0.2) is 84.9 Å². The number of carboxylic acids is 2. The van der Waals surface area contributed by atoms with Crippen LogP contribution in [0.25, 0.3) is 22.2 Å². The van der Waals surface area contributed by atoms with Gasteiger partial charge in [-0.2, -0.15) is 0 Å². The Bertz CT molecular complexity index is 1380. The number of benzene rings is 3. The van der Waals surface area contributed by atoms with Crippen molar-refractivity contribution in [2.24, 2.45) is 0 Å². The molecule has 1 atom stereocenters. The van der Waals surface area contributed by atoms with E-state index in [9.17, 15) is 5.11 Å². The first-order chi connectivity index (χ1) is 19.3. The molecule has 0 bridgehead atoms. The summed E-state index contributed by atoms with van der Waals surface area (Å²) in [5.41, 5.74) is 4.76. The number of carbonyl (C=O) groups is 2. The van der Waals surface area contributed by atoms with E-state index in [0.717, 1.165) is 55.2 Å². The van der Waals surface area contributed by atoms with Crippen LogP contribution in [0.1, 0.15) is 5.56 Å². The minimum Gasteiger partial charge on any atom is -0.497 e. The zero-order valence-corrected chi connectivity index (χ0v) is 22.5. The van der Waals surface area contributed by atoms with Gasteiger partial charge < -0.3 is 24.6 Å². The van der Waals surface area contributed by atoms with Crippen LogP contribution in [0.4, 0.5) is 0 Å². The largest absolute Gasteiger partial charge is 0.497 e. The summed E-state index contributed by atoms with van der Waals surface area (Å²) in [4.78, 5) is 23.1. The fraction of sp³-hybridized carbons (Fsp3) is 0.290. The van der Waals surface area contributed by atoms with E-state index in [1.165, 1.54) is 10.9 Å². The first-order valence-electron chi connectivity index (χ1n) is 13.2. The maximum absolute atomic E-state index is 11.1. The van der Waals surface area contributed by atoms with Crippen LogP contribution in [-0.4, -0.2) is 87.6 Å². The van der Waals surface area contributed by atoms with E-state index < -0.39 is 18.0 Å². The highest BCUT2D eigenvalue weighted by atomic mass is 16.5. The van der Waals surface area contributed by atoms with Crippen molar-refractivity contribution < 1.29 is 29.6 Å². The molecule has 0 radical (unpaired) electrons. The molecule has 1 unspecified atom stereocenters. The van der Waals surface area contributed by atoms with Crippen LogP contribution in [0, 0.1) is 0 Å². The molecule has 9 nitrogen and oxygen atoms in total. The summed E-state index contributed by atoms with van der Waals surface area (Å²) in [6, 6.07) is 29.4. The number of fused-ring (bicyclic) bond motifs is 1. The number of aliphatic hydroxyl groups is 1. The van der Waals surface area contributed by atoms with E-state index in [2.05, 4.69) is 87.2 Å². The van der Waals surface area contributed by atoms with Crippen LogP contribution in [0.3, 0.4) is 0 Å². The molecule has 1 fully saturated rings. The minimum absolute atomic E-state index is 0.437. The molecule has 3 N–H and O–H groups in total. The molecule has 2 heterocycles. The summed E-state index contributed by atoms with van der Waals surface area (Å²) in [5.74, 6) is -2.80. The molecule has 0 saturated carbocycles. The lowest BCUT2D eigenvalue weighted by atomic mass is 10.1. The fourth-order valence-electron chi connectivity index (χ4n) is 4.95. The van der Waals surface area contributed by atoms with E-state index in [4.69, 9.17) is 24.5 Å². The first kappa shape index (κ1) is 28.8. The molecule has 0 amide bonds. The number of para-hydroxylation sites is 1. The summed E-state index contributed by atoms with van der Waals surface area (Å²) >= 11 is 0. The first-order valence-corrected chi connectivity index (χ1v) is 13.2. The highest BCUT2D eigenvalue weighted by Crippen LogP contribution is 2.30. The van der Waals surface area contributed by atoms with Gasteiger partial charge in [-0.25, -0.2) is 9.59 Å². The van der Waals surface area contributed by atoms with Gasteiger partial charge in [-0.1, -0.05) is 48.5 Å². The van der Waals surface area contributed by atoms with Crippen molar-refractivity contribution in [1.29, 1.82) is 0 Å². The van der Waals surface area contributed by atoms with Gasteiger partial charge in [0.15, 0.2) is 0 Å². The van der Waals surface area contributed by atoms with Gasteiger partial charge in [-0.15, -0.1) is 0 Å². The quantitative estimate of drug-likeness (QED) is 0.288. The molecule has 1 saturated heterocycles. The number of ether oxygens (including phenoxy) is 1. The van der Waals surface area contributed by atoms with E-state index in [1.54, 1.807) is 7.11 Å². The molecular formula is C31H35N3O6. The summed E-state index contributed by atoms with van der Waals surface area (Å²) in [7, 11) is 1.68. The molecule has 4 aromatic rings. The molecule has 1 aliphatic heterocycles. The van der Waals surface area contributed by atoms with Gasteiger partial charge in [0.05, 0.1) is 19.8 Å². The van der Waals surface area contributed by atoms with Gasteiger partial charge in [0.1, 0.15) is 5.75 Å². The van der Waals surface area contributed by atoms with Crippen molar-refractivity contribution in [2.75, 3.05) is 39.8 Å². The highest BCUT2D eigenvalue weighted by Gasteiger charge is 2.21. The number of nitrogens with zero attached hydrogens (tertiary/aromatic N) is 3. The normalized spacial score (nSPS) is 14.8. The number of hydrogen-bond donors (Lipinski definition) is 3. The van der Waals surface area contributed by atoms with Crippen molar-refractivity contribution in [3.63, 3.8) is 0 Å². The van der Waals surface area contributed by atoms with Crippen LogP contribution < -0.4 is 4.74 Å². The van der Waals surface area contributed by atoms with Crippen LogP contribution in [-0.2, 0) is 22.7 Å². The standard InChI is InChI=1S/C29H33N3O2.C2H2O4/c1-34-27-13-11-24(12-14-27)29-19-25-9-5-6-10-28(25)32(29)22-26(33)21-31-17-15-30(16-18-31)20-23-7-3-2-4-8-23;3-1(4)2(5)6/h2-14,19,26,33H,15-18,20-22H2,1H3;(H,3,4)(H,5,6). The smallest absolute Gasteiger partial charge is 0.414 e. The predicted molar refractivity (Wildman–Crippen MR) is 153 cm³/mol. The molecule has 0 spiro atoms. The van der Waals surface area contributed by atoms with Crippen molar-refractivity contribution in [1.82, 2.24) is 14.4 Å². The second-order valence-electron chi connectivity index (χ2n) is 9.75. The Kier molecular flexibility index (Phi) is 9.91. The molecule has 5 rings (SSSR count). The summed E-state index contributed by atoms with van der Waals surface area (Å²) < 4.78 is 7.59. The third-order valence-corrected chi connectivity index (χ3v) is 6.96. The van der Waals surface area contributed by atoms with Crippen molar-refractivity contribution >= 4 is 22.8 Å². The lowest BCUT2D eigenvalue weighted by Crippen LogP contribution is -2.48. The zero-order valence-electron chi connectivity index (χ0n) is 22.5. The number of rotatable bonds is 8. The third-order valence-electron chi connectivity index (χ3n) is 6.96. The zero-order chi connectivity index (χ0) is 28.5. The number of β-amino-alcohol motifs (C(OH)–C–C–N with tert-alkyl or cyclic N) is 1. The van der Waals surface area contributed by atoms with Gasteiger partial charge >= 0.3 is 11.9 Å². The number of carboxylic acid groups (broad SMARTS) is 2. The second-order valence-corrected chi connectivity index (χ2v) is 9.75. The fourth-order valence-corrected chi connectivity index (χ4v) is 4.95. The molecule has 40 heavy (non-hydrogen) atoms. The number of aromatic nitrogens is 1. The maximum Gasteiger partial charge on any atom is 0.414 e. The molecule has 0 aliphatic carbocycles. The summed E-state index contributed by atoms with van der Waals surface area (Å²) in [5, 5.41) is 27.1. The Balaban J connectivity index is 0.000000557. The number of hydrogen-bond acceptors (Lipinski definition) is 6. The van der Waals surface area contributed by atoms with E-state index in [1.807, 2.05) is 12.1 Å². The van der Waals surface area contributed by atoms with Gasteiger partial charge in [-0.3, -0.25) is 9.80 Å².